The number of carbonyl (C=O) groups is 1. The number of aliphatic carboxylic acids is 1. The highest BCUT2D eigenvalue weighted by Crippen LogP contribution is 2.17. The standard InChI is InChI=1S/C10H10N2O2/c1-7(10(13)14)12-9-5-3-2-4-8(9)6-11-12/h2-7H,1H3,(H,13,14)/t7-/m0/s1. The summed E-state index contributed by atoms with van der Waals surface area (Å²) in [5.41, 5.74) is 0.849. The van der Waals surface area contributed by atoms with Crippen molar-refractivity contribution in [1.29, 1.82) is 0 Å². The minimum atomic E-state index is -0.876. The van der Waals surface area contributed by atoms with E-state index in [-0.39, 0.29) is 0 Å². The molecule has 0 saturated heterocycles. The maximum atomic E-state index is 10.8. The van der Waals surface area contributed by atoms with Gasteiger partial charge < -0.3 is 5.11 Å². The monoisotopic (exact) mass is 190 g/mol. The van der Waals surface area contributed by atoms with Crippen LogP contribution in [0.25, 0.3) is 10.9 Å². The first-order valence-corrected chi connectivity index (χ1v) is 4.35. The van der Waals surface area contributed by atoms with Crippen LogP contribution in [0.3, 0.4) is 0 Å². The van der Waals surface area contributed by atoms with Crippen molar-refractivity contribution in [3.63, 3.8) is 0 Å². The third kappa shape index (κ3) is 1.25. The molecule has 1 heterocycles. The summed E-state index contributed by atoms with van der Waals surface area (Å²) in [5, 5.41) is 13.9. The average Bonchev–Trinajstić information content (AvgIpc) is 2.60. The topological polar surface area (TPSA) is 55.1 Å². The van der Waals surface area contributed by atoms with Crippen molar-refractivity contribution in [3.8, 4) is 0 Å². The first kappa shape index (κ1) is 8.74. The van der Waals surface area contributed by atoms with Crippen molar-refractivity contribution in [3.05, 3.63) is 30.5 Å². The van der Waals surface area contributed by atoms with Crippen molar-refractivity contribution >= 4 is 16.9 Å². The van der Waals surface area contributed by atoms with Crippen LogP contribution in [0, 0.1) is 0 Å². The maximum absolute atomic E-state index is 10.8. The van der Waals surface area contributed by atoms with E-state index in [9.17, 15) is 4.79 Å². The molecule has 0 aliphatic carbocycles. The van der Waals surface area contributed by atoms with Gasteiger partial charge in [0.2, 0.25) is 0 Å². The predicted molar refractivity (Wildman–Crippen MR) is 52.1 cm³/mol. The lowest BCUT2D eigenvalue weighted by atomic mass is 10.2. The van der Waals surface area contributed by atoms with E-state index in [1.807, 2.05) is 24.3 Å². The average molecular weight is 190 g/mol. The van der Waals surface area contributed by atoms with Gasteiger partial charge in [0.05, 0.1) is 11.7 Å². The molecule has 1 aromatic heterocycles. The molecule has 1 atom stereocenters. The second kappa shape index (κ2) is 3.14. The number of aromatic nitrogens is 2. The Balaban J connectivity index is 2.58. The highest BCUT2D eigenvalue weighted by atomic mass is 16.4. The van der Waals surface area contributed by atoms with Crippen LogP contribution in [0.4, 0.5) is 0 Å². The highest BCUT2D eigenvalue weighted by Gasteiger charge is 2.15. The number of fused-ring (bicyclic) bond motifs is 1. The van der Waals surface area contributed by atoms with Gasteiger partial charge in [-0.15, -0.1) is 0 Å². The number of nitrogens with zero attached hydrogens (tertiary/aromatic N) is 2. The number of hydrogen-bond acceptors (Lipinski definition) is 2. The van der Waals surface area contributed by atoms with Crippen LogP contribution in [-0.4, -0.2) is 20.9 Å². The lowest BCUT2D eigenvalue weighted by Gasteiger charge is -2.07. The van der Waals surface area contributed by atoms with Crippen molar-refractivity contribution in [2.75, 3.05) is 0 Å². The summed E-state index contributed by atoms with van der Waals surface area (Å²) in [4.78, 5) is 10.8. The van der Waals surface area contributed by atoms with E-state index >= 15 is 0 Å². The van der Waals surface area contributed by atoms with E-state index in [0.717, 1.165) is 10.9 Å². The molecule has 0 spiro atoms. The Hall–Kier alpha value is -1.84. The third-order valence-corrected chi connectivity index (χ3v) is 2.23. The van der Waals surface area contributed by atoms with E-state index in [1.165, 1.54) is 4.68 Å². The number of carboxylic acids is 1. The number of para-hydroxylation sites is 1. The zero-order valence-electron chi connectivity index (χ0n) is 7.71. The molecule has 14 heavy (non-hydrogen) atoms. The maximum Gasteiger partial charge on any atom is 0.328 e. The summed E-state index contributed by atoms with van der Waals surface area (Å²) in [7, 11) is 0. The Morgan fingerprint density at radius 1 is 1.50 bits per heavy atom. The smallest absolute Gasteiger partial charge is 0.328 e. The molecular formula is C10H10N2O2. The minimum absolute atomic E-state index is 0.630. The Kier molecular flexibility index (Phi) is 1.96. The SMILES string of the molecule is C[C@@H](C(=O)O)n1ncc2ccccc21. The van der Waals surface area contributed by atoms with E-state index in [4.69, 9.17) is 5.11 Å². The predicted octanol–water partition coefficient (Wildman–Crippen LogP) is 1.68. The number of hydrogen-bond donors (Lipinski definition) is 1. The summed E-state index contributed by atoms with van der Waals surface area (Å²) >= 11 is 0. The summed E-state index contributed by atoms with van der Waals surface area (Å²) < 4.78 is 1.51. The van der Waals surface area contributed by atoms with Crippen LogP contribution in [0.2, 0.25) is 0 Å². The van der Waals surface area contributed by atoms with Crippen LogP contribution >= 0.6 is 0 Å². The van der Waals surface area contributed by atoms with Crippen LogP contribution in [-0.2, 0) is 4.79 Å². The molecule has 2 aromatic rings. The van der Waals surface area contributed by atoms with E-state index in [0.29, 0.717) is 0 Å². The molecule has 72 valence electrons. The molecular weight excluding hydrogens is 180 g/mol. The quantitative estimate of drug-likeness (QED) is 0.783. The van der Waals surface area contributed by atoms with E-state index in [2.05, 4.69) is 5.10 Å². The second-order valence-corrected chi connectivity index (χ2v) is 3.16. The summed E-state index contributed by atoms with van der Waals surface area (Å²) in [5.74, 6) is -0.876. The normalized spacial score (nSPS) is 12.9. The van der Waals surface area contributed by atoms with Gasteiger partial charge in [0.1, 0.15) is 6.04 Å². The molecule has 0 fully saturated rings. The fraction of sp³-hybridized carbons (Fsp3) is 0.200. The molecule has 0 amide bonds. The van der Waals surface area contributed by atoms with Crippen molar-refractivity contribution in [2.24, 2.45) is 0 Å². The van der Waals surface area contributed by atoms with Gasteiger partial charge >= 0.3 is 5.97 Å². The lowest BCUT2D eigenvalue weighted by Crippen LogP contribution is -2.16. The van der Waals surface area contributed by atoms with Crippen LogP contribution in [0.15, 0.2) is 30.5 Å². The van der Waals surface area contributed by atoms with Crippen molar-refractivity contribution < 1.29 is 9.90 Å². The molecule has 0 radical (unpaired) electrons. The Bertz CT molecular complexity index is 476. The fourth-order valence-corrected chi connectivity index (χ4v) is 1.41. The van der Waals surface area contributed by atoms with Crippen LogP contribution in [0.1, 0.15) is 13.0 Å². The molecule has 0 aliphatic rings. The molecule has 1 aromatic carbocycles. The van der Waals surface area contributed by atoms with Crippen molar-refractivity contribution in [1.82, 2.24) is 9.78 Å². The summed E-state index contributed by atoms with van der Waals surface area (Å²) in [6.45, 7) is 1.61. The van der Waals surface area contributed by atoms with Crippen LogP contribution in [0.5, 0.6) is 0 Å². The molecule has 2 rings (SSSR count). The molecule has 1 N–H and O–H groups in total. The summed E-state index contributed by atoms with van der Waals surface area (Å²) in [6.07, 6.45) is 1.68. The third-order valence-electron chi connectivity index (χ3n) is 2.23. The molecule has 0 bridgehead atoms. The first-order valence-electron chi connectivity index (χ1n) is 4.35. The molecule has 0 unspecified atom stereocenters. The fourth-order valence-electron chi connectivity index (χ4n) is 1.41. The van der Waals surface area contributed by atoms with Gasteiger partial charge in [0.25, 0.3) is 0 Å². The zero-order chi connectivity index (χ0) is 10.1. The van der Waals surface area contributed by atoms with Gasteiger partial charge in [-0.1, -0.05) is 18.2 Å². The number of benzene rings is 1. The Labute approximate surface area is 80.8 Å². The van der Waals surface area contributed by atoms with Crippen molar-refractivity contribution in [2.45, 2.75) is 13.0 Å². The minimum Gasteiger partial charge on any atom is -0.480 e. The molecule has 0 aliphatic heterocycles. The van der Waals surface area contributed by atoms with E-state index in [1.54, 1.807) is 13.1 Å². The lowest BCUT2D eigenvalue weighted by molar-refractivity contribution is -0.140. The highest BCUT2D eigenvalue weighted by molar-refractivity contribution is 5.81. The van der Waals surface area contributed by atoms with E-state index < -0.39 is 12.0 Å². The van der Waals surface area contributed by atoms with Gasteiger partial charge in [-0.2, -0.15) is 5.10 Å². The molecule has 4 nitrogen and oxygen atoms in total. The van der Waals surface area contributed by atoms with Gasteiger partial charge in [-0.3, -0.25) is 4.68 Å². The summed E-state index contributed by atoms with van der Waals surface area (Å²) in [6, 6.07) is 6.92. The van der Waals surface area contributed by atoms with Gasteiger partial charge in [0.15, 0.2) is 0 Å². The number of carboxylic acid groups (broad SMARTS) is 1. The van der Waals surface area contributed by atoms with Gasteiger partial charge in [0, 0.05) is 5.39 Å². The Morgan fingerprint density at radius 3 is 2.93 bits per heavy atom. The second-order valence-electron chi connectivity index (χ2n) is 3.16. The zero-order valence-corrected chi connectivity index (χ0v) is 7.71. The number of rotatable bonds is 2. The molecule has 0 saturated carbocycles. The largest absolute Gasteiger partial charge is 0.480 e. The molecule has 4 heteroatoms. The van der Waals surface area contributed by atoms with Gasteiger partial charge in [-0.05, 0) is 13.0 Å². The van der Waals surface area contributed by atoms with Gasteiger partial charge in [-0.25, -0.2) is 4.79 Å². The Morgan fingerprint density at radius 2 is 2.21 bits per heavy atom. The first-order chi connectivity index (χ1) is 6.70. The van der Waals surface area contributed by atoms with Crippen LogP contribution < -0.4 is 0 Å².